The highest BCUT2D eigenvalue weighted by molar-refractivity contribution is 6.31. The summed E-state index contributed by atoms with van der Waals surface area (Å²) in [5, 5.41) is 1.64. The van der Waals surface area contributed by atoms with Gasteiger partial charge in [-0.3, -0.25) is 4.79 Å². The van der Waals surface area contributed by atoms with E-state index in [1.54, 1.807) is 5.32 Å². The molecule has 0 bridgehead atoms. The molecule has 0 atom stereocenters. The van der Waals surface area contributed by atoms with Gasteiger partial charge in [0, 0.05) is 10.6 Å². The van der Waals surface area contributed by atoms with Crippen molar-refractivity contribution in [3.8, 4) is 0 Å². The number of alkyl halides is 3. The molecule has 0 spiro atoms. The Bertz CT molecular complexity index is 399. The average molecular weight is 270 g/mol. The van der Waals surface area contributed by atoms with Gasteiger partial charge in [0.25, 0.3) is 0 Å². The summed E-state index contributed by atoms with van der Waals surface area (Å²) < 4.78 is 48.6. The quantitative estimate of drug-likeness (QED) is 0.840. The number of benzene rings is 1. The lowest BCUT2D eigenvalue weighted by Crippen LogP contribution is -2.34. The van der Waals surface area contributed by atoms with Crippen molar-refractivity contribution in [3.05, 3.63) is 34.6 Å². The first-order valence-electron chi connectivity index (χ1n) is 4.56. The van der Waals surface area contributed by atoms with Crippen LogP contribution in [-0.2, 0) is 11.2 Å². The highest BCUT2D eigenvalue weighted by Crippen LogP contribution is 2.19. The van der Waals surface area contributed by atoms with Crippen LogP contribution in [0.15, 0.2) is 18.2 Å². The largest absolute Gasteiger partial charge is 0.405 e. The smallest absolute Gasteiger partial charge is 0.347 e. The molecule has 0 unspecified atom stereocenters. The van der Waals surface area contributed by atoms with E-state index >= 15 is 0 Å². The summed E-state index contributed by atoms with van der Waals surface area (Å²) in [7, 11) is 0. The van der Waals surface area contributed by atoms with Gasteiger partial charge >= 0.3 is 6.18 Å². The van der Waals surface area contributed by atoms with Gasteiger partial charge in [0.15, 0.2) is 0 Å². The third kappa shape index (κ3) is 4.60. The average Bonchev–Trinajstić information content (AvgIpc) is 2.20. The highest BCUT2D eigenvalue weighted by Gasteiger charge is 2.27. The van der Waals surface area contributed by atoms with Gasteiger partial charge in [-0.15, -0.1) is 0 Å². The molecule has 1 amide bonds. The molecular weight excluding hydrogens is 262 g/mol. The molecule has 7 heteroatoms. The van der Waals surface area contributed by atoms with Gasteiger partial charge in [-0.05, 0) is 12.1 Å². The molecule has 1 aromatic rings. The van der Waals surface area contributed by atoms with Crippen LogP contribution in [0.1, 0.15) is 5.56 Å². The zero-order chi connectivity index (χ0) is 13.1. The van der Waals surface area contributed by atoms with Crippen LogP contribution in [0.2, 0.25) is 5.02 Å². The van der Waals surface area contributed by atoms with Crippen molar-refractivity contribution in [2.24, 2.45) is 0 Å². The van der Waals surface area contributed by atoms with Crippen LogP contribution in [0.5, 0.6) is 0 Å². The third-order valence-electron chi connectivity index (χ3n) is 1.89. The number of hydrogen-bond donors (Lipinski definition) is 1. The van der Waals surface area contributed by atoms with E-state index in [1.807, 2.05) is 0 Å². The minimum absolute atomic E-state index is 0.00663. The van der Waals surface area contributed by atoms with Crippen LogP contribution in [0.25, 0.3) is 0 Å². The van der Waals surface area contributed by atoms with Crippen LogP contribution in [0.3, 0.4) is 0 Å². The van der Waals surface area contributed by atoms with Gasteiger partial charge in [-0.25, -0.2) is 4.39 Å². The first-order valence-corrected chi connectivity index (χ1v) is 4.94. The molecule has 2 nitrogen and oxygen atoms in total. The predicted octanol–water partition coefficient (Wildman–Crippen LogP) is 2.70. The molecule has 0 saturated heterocycles. The fraction of sp³-hybridized carbons (Fsp3) is 0.300. The topological polar surface area (TPSA) is 29.1 Å². The predicted molar refractivity (Wildman–Crippen MR) is 54.2 cm³/mol. The van der Waals surface area contributed by atoms with Crippen LogP contribution < -0.4 is 5.32 Å². The monoisotopic (exact) mass is 269 g/mol. The summed E-state index contributed by atoms with van der Waals surface area (Å²) in [6.45, 7) is -1.45. The zero-order valence-corrected chi connectivity index (χ0v) is 9.20. The van der Waals surface area contributed by atoms with Crippen molar-refractivity contribution in [3.63, 3.8) is 0 Å². The molecule has 0 aliphatic carbocycles. The Morgan fingerprint density at radius 3 is 2.53 bits per heavy atom. The molecule has 0 aliphatic rings. The molecule has 0 aromatic heterocycles. The third-order valence-corrected chi connectivity index (χ3v) is 2.24. The minimum Gasteiger partial charge on any atom is -0.347 e. The molecule has 94 valence electrons. The summed E-state index contributed by atoms with van der Waals surface area (Å²) >= 11 is 5.62. The second-order valence-corrected chi connectivity index (χ2v) is 3.68. The number of nitrogens with one attached hydrogen (secondary N) is 1. The number of halogens is 5. The van der Waals surface area contributed by atoms with E-state index in [-0.39, 0.29) is 10.6 Å². The number of hydrogen-bond acceptors (Lipinski definition) is 1. The lowest BCUT2D eigenvalue weighted by Gasteiger charge is -2.09. The molecule has 1 rings (SSSR count). The van der Waals surface area contributed by atoms with Crippen LogP contribution >= 0.6 is 11.6 Å². The molecule has 0 fully saturated rings. The highest BCUT2D eigenvalue weighted by atomic mass is 35.5. The molecule has 0 radical (unpaired) electrons. The summed E-state index contributed by atoms with van der Waals surface area (Å²) in [6, 6.07) is 3.78. The Morgan fingerprint density at radius 2 is 2.00 bits per heavy atom. The lowest BCUT2D eigenvalue weighted by atomic mass is 10.1. The number of carbonyl (C=O) groups is 1. The SMILES string of the molecule is O=C(Cc1c(F)cccc1Cl)NCC(F)(F)F. The van der Waals surface area contributed by atoms with E-state index in [0.29, 0.717) is 0 Å². The summed E-state index contributed by atoms with van der Waals surface area (Å²) in [5.74, 6) is -1.66. The Kier molecular flexibility index (Phi) is 4.34. The minimum atomic E-state index is -4.49. The fourth-order valence-electron chi connectivity index (χ4n) is 1.12. The van der Waals surface area contributed by atoms with Gasteiger partial charge in [-0.2, -0.15) is 13.2 Å². The summed E-state index contributed by atoms with van der Waals surface area (Å²) in [4.78, 5) is 11.1. The second kappa shape index (κ2) is 5.35. The first kappa shape index (κ1) is 13.8. The molecule has 0 saturated carbocycles. The number of carbonyl (C=O) groups excluding carboxylic acids is 1. The Labute approximate surface area is 99.6 Å². The molecule has 0 heterocycles. The Morgan fingerprint density at radius 1 is 1.35 bits per heavy atom. The number of amides is 1. The molecule has 1 N–H and O–H groups in total. The van der Waals surface area contributed by atoms with E-state index in [9.17, 15) is 22.4 Å². The van der Waals surface area contributed by atoms with Gasteiger partial charge in [0.1, 0.15) is 12.4 Å². The standard InChI is InChI=1S/C10H8ClF4NO/c11-7-2-1-3-8(12)6(7)4-9(17)16-5-10(13,14)15/h1-3H,4-5H2,(H,16,17). The van der Waals surface area contributed by atoms with Crippen LogP contribution in [-0.4, -0.2) is 18.6 Å². The van der Waals surface area contributed by atoms with E-state index in [2.05, 4.69) is 0 Å². The summed E-state index contributed by atoms with van der Waals surface area (Å²) in [5.41, 5.74) is -0.117. The van der Waals surface area contributed by atoms with Crippen molar-refractivity contribution in [2.45, 2.75) is 12.6 Å². The fourth-order valence-corrected chi connectivity index (χ4v) is 1.35. The number of rotatable bonds is 3. The van der Waals surface area contributed by atoms with Crippen LogP contribution in [0.4, 0.5) is 17.6 Å². The lowest BCUT2D eigenvalue weighted by molar-refractivity contribution is -0.138. The maximum Gasteiger partial charge on any atom is 0.405 e. The summed E-state index contributed by atoms with van der Waals surface area (Å²) in [6.07, 6.45) is -5.02. The first-order chi connectivity index (χ1) is 7.79. The Hall–Kier alpha value is -1.30. The zero-order valence-electron chi connectivity index (χ0n) is 8.44. The van der Waals surface area contributed by atoms with Crippen molar-refractivity contribution in [1.29, 1.82) is 0 Å². The maximum absolute atomic E-state index is 13.2. The van der Waals surface area contributed by atoms with E-state index in [1.165, 1.54) is 12.1 Å². The normalized spacial score (nSPS) is 11.4. The van der Waals surface area contributed by atoms with E-state index in [0.717, 1.165) is 6.07 Å². The second-order valence-electron chi connectivity index (χ2n) is 3.27. The van der Waals surface area contributed by atoms with Gasteiger partial charge in [0.2, 0.25) is 5.91 Å². The van der Waals surface area contributed by atoms with Gasteiger partial charge < -0.3 is 5.32 Å². The van der Waals surface area contributed by atoms with E-state index < -0.39 is 30.9 Å². The van der Waals surface area contributed by atoms with Crippen molar-refractivity contribution in [1.82, 2.24) is 5.32 Å². The van der Waals surface area contributed by atoms with Crippen molar-refractivity contribution in [2.75, 3.05) is 6.54 Å². The van der Waals surface area contributed by atoms with Crippen LogP contribution in [0, 0.1) is 5.82 Å². The van der Waals surface area contributed by atoms with Gasteiger partial charge in [-0.1, -0.05) is 17.7 Å². The van der Waals surface area contributed by atoms with Crippen molar-refractivity contribution < 1.29 is 22.4 Å². The van der Waals surface area contributed by atoms with Gasteiger partial charge in [0.05, 0.1) is 6.42 Å². The molecular formula is C10H8ClF4NO. The Balaban J connectivity index is 2.63. The van der Waals surface area contributed by atoms with Crippen molar-refractivity contribution >= 4 is 17.5 Å². The molecule has 17 heavy (non-hydrogen) atoms. The maximum atomic E-state index is 13.2. The molecule has 1 aromatic carbocycles. The molecule has 0 aliphatic heterocycles. The van der Waals surface area contributed by atoms with E-state index in [4.69, 9.17) is 11.6 Å².